The van der Waals surface area contributed by atoms with E-state index in [2.05, 4.69) is 25.6 Å². The molecule has 0 aliphatic heterocycles. The molecular formula is C15H16N6O2. The van der Waals surface area contributed by atoms with Crippen molar-refractivity contribution in [2.24, 2.45) is 0 Å². The van der Waals surface area contributed by atoms with Crippen molar-refractivity contribution in [3.63, 3.8) is 0 Å². The van der Waals surface area contributed by atoms with E-state index in [1.165, 1.54) is 0 Å². The van der Waals surface area contributed by atoms with Gasteiger partial charge in [-0.2, -0.15) is 5.10 Å². The fraction of sp³-hybridized carbons (Fsp3) is 0.200. The molecule has 8 nitrogen and oxygen atoms in total. The Morgan fingerprint density at radius 3 is 2.78 bits per heavy atom. The van der Waals surface area contributed by atoms with Gasteiger partial charge in [0.2, 0.25) is 5.82 Å². The lowest BCUT2D eigenvalue weighted by Gasteiger charge is -2.08. The molecule has 2 aromatic heterocycles. The van der Waals surface area contributed by atoms with Gasteiger partial charge in [0.1, 0.15) is 0 Å². The van der Waals surface area contributed by atoms with E-state index in [-0.39, 0.29) is 5.82 Å². The number of benzene rings is 1. The first-order valence-electron chi connectivity index (χ1n) is 7.07. The van der Waals surface area contributed by atoms with Gasteiger partial charge in [-0.3, -0.25) is 14.5 Å². The van der Waals surface area contributed by atoms with Crippen LogP contribution >= 0.6 is 0 Å². The van der Waals surface area contributed by atoms with Gasteiger partial charge in [0, 0.05) is 11.4 Å². The first kappa shape index (κ1) is 14.8. The number of hydrogen-bond donors (Lipinski definition) is 3. The van der Waals surface area contributed by atoms with E-state index in [1.807, 2.05) is 42.8 Å². The Labute approximate surface area is 131 Å². The number of nitrogens with one attached hydrogen (secondary N) is 3. The van der Waals surface area contributed by atoms with Crippen molar-refractivity contribution in [3.05, 3.63) is 63.6 Å². The molecule has 23 heavy (non-hydrogen) atoms. The van der Waals surface area contributed by atoms with Crippen molar-refractivity contribution in [1.82, 2.24) is 25.0 Å². The summed E-state index contributed by atoms with van der Waals surface area (Å²) >= 11 is 0. The number of rotatable bonds is 4. The fourth-order valence-electron chi connectivity index (χ4n) is 2.32. The molecule has 1 aromatic carbocycles. The van der Waals surface area contributed by atoms with Gasteiger partial charge in [-0.25, -0.2) is 9.89 Å². The lowest BCUT2D eigenvalue weighted by molar-refractivity contribution is 0.101. The van der Waals surface area contributed by atoms with Crippen LogP contribution in [0.1, 0.15) is 27.6 Å². The number of anilines is 1. The van der Waals surface area contributed by atoms with Crippen LogP contribution in [0.2, 0.25) is 0 Å². The molecule has 0 aliphatic rings. The highest BCUT2D eigenvalue weighted by molar-refractivity contribution is 6.01. The van der Waals surface area contributed by atoms with Crippen molar-refractivity contribution < 1.29 is 4.79 Å². The van der Waals surface area contributed by atoms with E-state index in [9.17, 15) is 9.59 Å². The van der Waals surface area contributed by atoms with Crippen molar-refractivity contribution in [2.45, 2.75) is 20.4 Å². The Kier molecular flexibility index (Phi) is 3.80. The molecule has 0 bridgehead atoms. The number of aromatic amines is 2. The molecule has 0 unspecified atom stereocenters. The normalized spacial score (nSPS) is 10.7. The van der Waals surface area contributed by atoms with E-state index >= 15 is 0 Å². The highest BCUT2D eigenvalue weighted by atomic mass is 16.2. The molecule has 1 amide bonds. The van der Waals surface area contributed by atoms with Crippen LogP contribution in [0.4, 0.5) is 5.69 Å². The van der Waals surface area contributed by atoms with Gasteiger partial charge in [0.15, 0.2) is 0 Å². The summed E-state index contributed by atoms with van der Waals surface area (Å²) < 4.78 is 1.90. The predicted octanol–water partition coefficient (Wildman–Crippen LogP) is 1.21. The molecule has 0 radical (unpaired) electrons. The number of nitrogens with zero attached hydrogens (tertiary/aromatic N) is 3. The number of H-pyrrole nitrogens is 2. The maximum absolute atomic E-state index is 12.0. The summed E-state index contributed by atoms with van der Waals surface area (Å²) in [6.45, 7) is 4.56. The molecule has 118 valence electrons. The van der Waals surface area contributed by atoms with Crippen LogP contribution in [0.25, 0.3) is 0 Å². The van der Waals surface area contributed by atoms with Crippen molar-refractivity contribution >= 4 is 11.6 Å². The molecule has 2 heterocycles. The van der Waals surface area contributed by atoms with Crippen LogP contribution in [0.5, 0.6) is 0 Å². The molecule has 3 aromatic rings. The Balaban J connectivity index is 1.76. The van der Waals surface area contributed by atoms with Crippen LogP contribution in [0.15, 0.2) is 35.1 Å². The summed E-state index contributed by atoms with van der Waals surface area (Å²) in [6.07, 6.45) is 0. The molecule has 0 atom stereocenters. The molecule has 0 saturated heterocycles. The SMILES string of the molecule is Cc1cc(C)n(Cc2cccc(NC(=O)c3n[nH]c(=O)[nH]3)c2)n1. The second-order valence-corrected chi connectivity index (χ2v) is 5.27. The summed E-state index contributed by atoms with van der Waals surface area (Å²) in [4.78, 5) is 25.3. The second-order valence-electron chi connectivity index (χ2n) is 5.27. The van der Waals surface area contributed by atoms with E-state index in [1.54, 1.807) is 6.07 Å². The highest BCUT2D eigenvalue weighted by Gasteiger charge is 2.10. The topological polar surface area (TPSA) is 108 Å². The number of amides is 1. The fourth-order valence-corrected chi connectivity index (χ4v) is 2.32. The number of carbonyl (C=O) groups excluding carboxylic acids is 1. The average Bonchev–Trinajstić information content (AvgIpc) is 3.05. The Bertz CT molecular complexity index is 905. The van der Waals surface area contributed by atoms with E-state index < -0.39 is 11.6 Å². The van der Waals surface area contributed by atoms with Gasteiger partial charge in [-0.05, 0) is 37.6 Å². The molecule has 0 aliphatic carbocycles. The van der Waals surface area contributed by atoms with Gasteiger partial charge in [0.05, 0.1) is 12.2 Å². The van der Waals surface area contributed by atoms with Crippen LogP contribution in [0, 0.1) is 13.8 Å². The molecule has 3 rings (SSSR count). The Morgan fingerprint density at radius 1 is 1.30 bits per heavy atom. The Morgan fingerprint density at radius 2 is 2.13 bits per heavy atom. The van der Waals surface area contributed by atoms with E-state index in [4.69, 9.17) is 0 Å². The van der Waals surface area contributed by atoms with Gasteiger partial charge < -0.3 is 5.32 Å². The quantitative estimate of drug-likeness (QED) is 0.673. The van der Waals surface area contributed by atoms with Crippen LogP contribution in [-0.2, 0) is 6.54 Å². The average molecular weight is 312 g/mol. The minimum atomic E-state index is -0.520. The first-order chi connectivity index (χ1) is 11.0. The zero-order chi connectivity index (χ0) is 16.4. The lowest BCUT2D eigenvalue weighted by Crippen LogP contribution is -2.15. The number of hydrogen-bond acceptors (Lipinski definition) is 4. The van der Waals surface area contributed by atoms with E-state index in [0.717, 1.165) is 17.0 Å². The summed E-state index contributed by atoms with van der Waals surface area (Å²) in [5.41, 5.74) is 3.15. The summed E-state index contributed by atoms with van der Waals surface area (Å²) in [5.74, 6) is -0.537. The van der Waals surface area contributed by atoms with Gasteiger partial charge in [-0.1, -0.05) is 12.1 Å². The third-order valence-corrected chi connectivity index (χ3v) is 3.34. The number of aryl methyl sites for hydroxylation is 2. The zero-order valence-electron chi connectivity index (χ0n) is 12.8. The van der Waals surface area contributed by atoms with Crippen molar-refractivity contribution in [1.29, 1.82) is 0 Å². The van der Waals surface area contributed by atoms with Crippen LogP contribution in [-0.4, -0.2) is 30.9 Å². The van der Waals surface area contributed by atoms with Gasteiger partial charge >= 0.3 is 5.69 Å². The first-order valence-corrected chi connectivity index (χ1v) is 7.07. The smallest absolute Gasteiger partial charge is 0.319 e. The molecule has 0 spiro atoms. The summed E-state index contributed by atoms with van der Waals surface area (Å²) in [6, 6.07) is 9.46. The Hall–Kier alpha value is -3.16. The van der Waals surface area contributed by atoms with E-state index in [0.29, 0.717) is 12.2 Å². The lowest BCUT2D eigenvalue weighted by atomic mass is 10.2. The minimum absolute atomic E-state index is 0.0565. The molecular weight excluding hydrogens is 296 g/mol. The van der Waals surface area contributed by atoms with Crippen molar-refractivity contribution in [2.75, 3.05) is 5.32 Å². The van der Waals surface area contributed by atoms with Gasteiger partial charge in [-0.15, -0.1) is 5.10 Å². The van der Waals surface area contributed by atoms with Gasteiger partial charge in [0.25, 0.3) is 5.91 Å². The predicted molar refractivity (Wildman–Crippen MR) is 84.4 cm³/mol. The molecule has 0 saturated carbocycles. The zero-order valence-corrected chi connectivity index (χ0v) is 12.8. The molecule has 8 heteroatoms. The molecule has 3 N–H and O–H groups in total. The largest absolute Gasteiger partial charge is 0.341 e. The third-order valence-electron chi connectivity index (χ3n) is 3.34. The summed E-state index contributed by atoms with van der Waals surface area (Å²) in [5, 5.41) is 12.9. The van der Waals surface area contributed by atoms with Crippen LogP contribution < -0.4 is 11.0 Å². The molecule has 0 fully saturated rings. The monoisotopic (exact) mass is 312 g/mol. The number of aromatic nitrogens is 5. The summed E-state index contributed by atoms with van der Waals surface area (Å²) in [7, 11) is 0. The number of carbonyl (C=O) groups is 1. The maximum atomic E-state index is 12.0. The highest BCUT2D eigenvalue weighted by Crippen LogP contribution is 2.13. The maximum Gasteiger partial charge on any atom is 0.341 e. The van der Waals surface area contributed by atoms with Crippen LogP contribution in [0.3, 0.4) is 0 Å². The third kappa shape index (κ3) is 3.37. The van der Waals surface area contributed by atoms with Crippen molar-refractivity contribution in [3.8, 4) is 0 Å². The minimum Gasteiger partial charge on any atom is -0.319 e. The second kappa shape index (κ2) is 5.91. The standard InChI is InChI=1S/C15H16N6O2/c1-9-6-10(2)21(20-9)8-11-4-3-5-12(7-11)16-14(22)13-17-15(23)19-18-13/h3-7H,8H2,1-2H3,(H,16,22)(H2,17,18,19,23).